The van der Waals surface area contributed by atoms with Crippen molar-refractivity contribution in [3.8, 4) is 0 Å². The maximum atomic E-state index is 12.7. The molecular formula is C19H26F3N7. The molecule has 1 aromatic heterocycles. The summed E-state index contributed by atoms with van der Waals surface area (Å²) in [6.07, 6.45) is -1.66. The number of rotatable bonds is 6. The fraction of sp³-hybridized carbons (Fsp3) is 0.526. The van der Waals surface area contributed by atoms with E-state index >= 15 is 0 Å². The summed E-state index contributed by atoms with van der Waals surface area (Å²) in [5.74, 6) is 1.53. The lowest BCUT2D eigenvalue weighted by Crippen LogP contribution is -2.44. The second-order valence-corrected chi connectivity index (χ2v) is 7.02. The molecule has 1 atom stereocenters. The van der Waals surface area contributed by atoms with E-state index in [-0.39, 0.29) is 6.04 Å². The number of aromatic nitrogens is 3. The molecule has 1 saturated heterocycles. The van der Waals surface area contributed by atoms with E-state index in [0.717, 1.165) is 49.6 Å². The van der Waals surface area contributed by atoms with Crippen molar-refractivity contribution in [3.05, 3.63) is 47.5 Å². The van der Waals surface area contributed by atoms with Crippen LogP contribution in [0.5, 0.6) is 0 Å². The fourth-order valence-electron chi connectivity index (χ4n) is 3.38. The van der Waals surface area contributed by atoms with Crippen molar-refractivity contribution in [3.63, 3.8) is 0 Å². The van der Waals surface area contributed by atoms with Gasteiger partial charge in [0.2, 0.25) is 0 Å². The number of halogens is 3. The number of guanidine groups is 1. The first-order chi connectivity index (χ1) is 13.9. The zero-order valence-electron chi connectivity index (χ0n) is 16.6. The summed E-state index contributed by atoms with van der Waals surface area (Å²) in [6, 6.07) is 5.60. The van der Waals surface area contributed by atoms with E-state index in [0.29, 0.717) is 19.0 Å². The molecule has 1 unspecified atom stereocenters. The molecule has 7 nitrogen and oxygen atoms in total. The summed E-state index contributed by atoms with van der Waals surface area (Å²) < 4.78 is 40.0. The van der Waals surface area contributed by atoms with E-state index in [1.54, 1.807) is 25.5 Å². The van der Waals surface area contributed by atoms with Crippen LogP contribution in [-0.4, -0.2) is 51.8 Å². The Morgan fingerprint density at radius 2 is 2.03 bits per heavy atom. The highest BCUT2D eigenvalue weighted by Gasteiger charge is 2.30. The van der Waals surface area contributed by atoms with Gasteiger partial charge >= 0.3 is 6.18 Å². The fourth-order valence-corrected chi connectivity index (χ4v) is 3.38. The Morgan fingerprint density at radius 1 is 1.28 bits per heavy atom. The Morgan fingerprint density at radius 3 is 2.69 bits per heavy atom. The number of hydrogen-bond donors (Lipinski definition) is 2. The quantitative estimate of drug-likeness (QED) is 0.566. The van der Waals surface area contributed by atoms with E-state index in [1.807, 2.05) is 11.5 Å². The van der Waals surface area contributed by atoms with Crippen LogP contribution in [0.2, 0.25) is 0 Å². The van der Waals surface area contributed by atoms with Crippen molar-refractivity contribution in [2.45, 2.75) is 45.2 Å². The molecule has 0 bridgehead atoms. The maximum absolute atomic E-state index is 12.7. The lowest BCUT2D eigenvalue weighted by Gasteiger charge is -2.19. The Labute approximate surface area is 168 Å². The minimum atomic E-state index is -4.30. The van der Waals surface area contributed by atoms with Gasteiger partial charge in [0.15, 0.2) is 11.8 Å². The molecule has 1 aromatic carbocycles. The number of nitrogens with one attached hydrogen (secondary N) is 2. The van der Waals surface area contributed by atoms with Gasteiger partial charge in [-0.15, -0.1) is 10.2 Å². The van der Waals surface area contributed by atoms with E-state index < -0.39 is 11.7 Å². The molecule has 0 saturated carbocycles. The van der Waals surface area contributed by atoms with Crippen LogP contribution in [0.1, 0.15) is 30.3 Å². The van der Waals surface area contributed by atoms with Crippen LogP contribution in [0.3, 0.4) is 0 Å². The molecule has 2 heterocycles. The first-order valence-corrected chi connectivity index (χ1v) is 9.61. The Balaban J connectivity index is 1.47. The molecule has 158 valence electrons. The molecular weight excluding hydrogens is 383 g/mol. The van der Waals surface area contributed by atoms with Crippen LogP contribution in [0, 0.1) is 0 Å². The van der Waals surface area contributed by atoms with E-state index in [2.05, 4.69) is 30.7 Å². The summed E-state index contributed by atoms with van der Waals surface area (Å²) in [6.45, 7) is 5.66. The lowest BCUT2D eigenvalue weighted by atomic mass is 10.1. The predicted molar refractivity (Wildman–Crippen MR) is 104 cm³/mol. The highest BCUT2D eigenvalue weighted by atomic mass is 19.4. The van der Waals surface area contributed by atoms with Crippen LogP contribution in [-0.2, 0) is 25.8 Å². The van der Waals surface area contributed by atoms with Crippen LogP contribution < -0.4 is 10.6 Å². The standard InChI is InChI=1S/C19H26F3N7/c1-3-29-13-25-27-17(29)10-24-18(23-2)26-16-8-9-28(12-16)11-14-4-6-15(7-5-14)19(20,21)22/h4-7,13,16H,3,8-12H2,1-2H3,(H2,23,24,26). The molecule has 10 heteroatoms. The van der Waals surface area contributed by atoms with Crippen molar-refractivity contribution in [1.82, 2.24) is 30.3 Å². The molecule has 1 fully saturated rings. The second-order valence-electron chi connectivity index (χ2n) is 7.02. The number of nitrogens with zero attached hydrogens (tertiary/aromatic N) is 5. The third-order valence-corrected chi connectivity index (χ3v) is 4.97. The Kier molecular flexibility index (Phi) is 6.73. The van der Waals surface area contributed by atoms with E-state index in [4.69, 9.17) is 0 Å². The summed E-state index contributed by atoms with van der Waals surface area (Å²) in [4.78, 5) is 6.48. The molecule has 3 rings (SSSR count). The molecule has 2 N–H and O–H groups in total. The van der Waals surface area contributed by atoms with Crippen molar-refractivity contribution in [1.29, 1.82) is 0 Å². The zero-order chi connectivity index (χ0) is 20.9. The van der Waals surface area contributed by atoms with Gasteiger partial charge in [-0.1, -0.05) is 12.1 Å². The third kappa shape index (κ3) is 5.69. The SMILES string of the molecule is CCn1cnnc1CNC(=NC)NC1CCN(Cc2ccc(C(F)(F)F)cc2)C1. The van der Waals surface area contributed by atoms with Gasteiger partial charge in [-0.25, -0.2) is 0 Å². The summed E-state index contributed by atoms with van der Waals surface area (Å²) >= 11 is 0. The topological polar surface area (TPSA) is 70.4 Å². The van der Waals surface area contributed by atoms with Gasteiger partial charge in [-0.05, 0) is 31.0 Å². The summed E-state index contributed by atoms with van der Waals surface area (Å²) in [7, 11) is 1.72. The average Bonchev–Trinajstić information content (AvgIpc) is 3.33. The second kappa shape index (κ2) is 9.25. The molecule has 1 aliphatic heterocycles. The maximum Gasteiger partial charge on any atom is 0.416 e. The number of benzene rings is 1. The van der Waals surface area contributed by atoms with Gasteiger partial charge in [0.05, 0.1) is 12.1 Å². The Bertz CT molecular complexity index is 814. The molecule has 0 amide bonds. The van der Waals surface area contributed by atoms with Crippen LogP contribution in [0.25, 0.3) is 0 Å². The summed E-state index contributed by atoms with van der Waals surface area (Å²) in [5, 5.41) is 14.7. The smallest absolute Gasteiger partial charge is 0.352 e. The molecule has 0 spiro atoms. The number of aryl methyl sites for hydroxylation is 1. The van der Waals surface area contributed by atoms with Crippen molar-refractivity contribution in [2.24, 2.45) is 4.99 Å². The Hall–Kier alpha value is -2.62. The van der Waals surface area contributed by atoms with Crippen molar-refractivity contribution >= 4 is 5.96 Å². The van der Waals surface area contributed by atoms with Gasteiger partial charge in [-0.3, -0.25) is 9.89 Å². The predicted octanol–water partition coefficient (Wildman–Crippen LogP) is 2.26. The van der Waals surface area contributed by atoms with Gasteiger partial charge < -0.3 is 15.2 Å². The van der Waals surface area contributed by atoms with Gasteiger partial charge in [0.1, 0.15) is 6.33 Å². The highest BCUT2D eigenvalue weighted by Crippen LogP contribution is 2.29. The van der Waals surface area contributed by atoms with Crippen LogP contribution >= 0.6 is 0 Å². The number of aliphatic imine (C=N–C) groups is 1. The van der Waals surface area contributed by atoms with Gasteiger partial charge in [0.25, 0.3) is 0 Å². The van der Waals surface area contributed by atoms with E-state index in [9.17, 15) is 13.2 Å². The first kappa shape index (κ1) is 21.1. The third-order valence-electron chi connectivity index (χ3n) is 4.97. The van der Waals surface area contributed by atoms with Gasteiger partial charge in [-0.2, -0.15) is 13.2 Å². The largest absolute Gasteiger partial charge is 0.416 e. The van der Waals surface area contributed by atoms with E-state index in [1.165, 1.54) is 0 Å². The summed E-state index contributed by atoms with van der Waals surface area (Å²) in [5.41, 5.74) is 0.260. The van der Waals surface area contributed by atoms with Crippen molar-refractivity contribution < 1.29 is 13.2 Å². The molecule has 29 heavy (non-hydrogen) atoms. The van der Waals surface area contributed by atoms with Crippen LogP contribution in [0.15, 0.2) is 35.6 Å². The highest BCUT2D eigenvalue weighted by molar-refractivity contribution is 5.79. The molecule has 2 aromatic rings. The number of alkyl halides is 3. The zero-order valence-corrected chi connectivity index (χ0v) is 16.6. The minimum absolute atomic E-state index is 0.222. The lowest BCUT2D eigenvalue weighted by molar-refractivity contribution is -0.137. The van der Waals surface area contributed by atoms with Gasteiger partial charge in [0, 0.05) is 39.3 Å². The number of hydrogen-bond acceptors (Lipinski definition) is 4. The van der Waals surface area contributed by atoms with Crippen molar-refractivity contribution in [2.75, 3.05) is 20.1 Å². The van der Waals surface area contributed by atoms with Crippen LogP contribution in [0.4, 0.5) is 13.2 Å². The molecule has 1 aliphatic rings. The molecule has 0 radical (unpaired) electrons. The normalized spacial score (nSPS) is 18.2. The monoisotopic (exact) mass is 409 g/mol. The molecule has 0 aliphatic carbocycles. The first-order valence-electron chi connectivity index (χ1n) is 9.61. The number of likely N-dealkylation sites (tertiary alicyclic amines) is 1. The average molecular weight is 409 g/mol. The minimum Gasteiger partial charge on any atom is -0.352 e.